The molecule has 3 rings (SSSR count). The fourth-order valence-corrected chi connectivity index (χ4v) is 2.99. The Morgan fingerprint density at radius 3 is 1.54 bits per heavy atom. The van der Waals surface area contributed by atoms with Crippen molar-refractivity contribution in [2.75, 3.05) is 11.6 Å². The van der Waals surface area contributed by atoms with Crippen LogP contribution in [0.3, 0.4) is 0 Å². The second-order valence-corrected chi connectivity index (χ2v) is 5.80. The minimum Gasteiger partial charge on any atom is -1.00 e. The normalized spacial score (nSPS) is 9.71. The van der Waals surface area contributed by atoms with Crippen LogP contribution >= 0.6 is 11.8 Å². The van der Waals surface area contributed by atoms with Crippen molar-refractivity contribution in [3.05, 3.63) is 91.0 Å². The number of benzene rings is 3. The van der Waals surface area contributed by atoms with Crippen molar-refractivity contribution in [2.45, 2.75) is 0 Å². The lowest BCUT2D eigenvalue weighted by atomic mass is 10.2. The number of hydrogen-bond acceptors (Lipinski definition) is 1. The lowest BCUT2D eigenvalue weighted by Crippen LogP contribution is -3.00. The summed E-state index contributed by atoms with van der Waals surface area (Å²) in [6, 6.07) is 31.1. The topological polar surface area (TPSA) is 15.0 Å². The molecule has 0 spiro atoms. The largest absolute Gasteiger partial charge is 1.00 e. The SMILES string of the molecule is CSC(Nc1ccccc1)=[N+](c1ccccc1)c1ccccc1.[I-]. The van der Waals surface area contributed by atoms with Gasteiger partial charge in [-0.05, 0) is 54.4 Å². The van der Waals surface area contributed by atoms with E-state index >= 15 is 0 Å². The molecule has 3 aromatic rings. The summed E-state index contributed by atoms with van der Waals surface area (Å²) in [7, 11) is 0. The fraction of sp³-hybridized carbons (Fsp3) is 0.0500. The number of nitrogens with zero attached hydrogens (tertiary/aromatic N) is 1. The van der Waals surface area contributed by atoms with Crippen LogP contribution in [0.1, 0.15) is 0 Å². The maximum atomic E-state index is 3.53. The first-order chi connectivity index (χ1) is 11.4. The number of nitrogens with one attached hydrogen (secondary N) is 1. The van der Waals surface area contributed by atoms with Gasteiger partial charge in [0.2, 0.25) is 0 Å². The van der Waals surface area contributed by atoms with E-state index in [4.69, 9.17) is 0 Å². The monoisotopic (exact) mass is 446 g/mol. The molecule has 0 heterocycles. The average molecular weight is 446 g/mol. The van der Waals surface area contributed by atoms with Gasteiger partial charge in [-0.2, -0.15) is 4.58 Å². The molecule has 122 valence electrons. The molecule has 24 heavy (non-hydrogen) atoms. The Morgan fingerprint density at radius 2 is 1.12 bits per heavy atom. The minimum atomic E-state index is 0. The molecule has 0 bridgehead atoms. The number of amidine groups is 1. The van der Waals surface area contributed by atoms with Crippen LogP contribution in [0.15, 0.2) is 91.0 Å². The maximum Gasteiger partial charge on any atom is 0.321 e. The van der Waals surface area contributed by atoms with Gasteiger partial charge in [0.1, 0.15) is 17.1 Å². The van der Waals surface area contributed by atoms with E-state index in [1.807, 2.05) is 30.3 Å². The van der Waals surface area contributed by atoms with Crippen molar-refractivity contribution in [3.63, 3.8) is 0 Å². The van der Waals surface area contributed by atoms with E-state index in [1.165, 1.54) is 0 Å². The van der Waals surface area contributed by atoms with Gasteiger partial charge in [0.25, 0.3) is 0 Å². The Kier molecular flexibility index (Phi) is 7.34. The van der Waals surface area contributed by atoms with Crippen LogP contribution in [0.2, 0.25) is 0 Å². The van der Waals surface area contributed by atoms with Crippen LogP contribution in [-0.2, 0) is 0 Å². The molecular weight excluding hydrogens is 427 g/mol. The number of thioether (sulfide) groups is 1. The summed E-state index contributed by atoms with van der Waals surface area (Å²) in [4.78, 5) is 0. The van der Waals surface area contributed by atoms with Crippen LogP contribution in [0.4, 0.5) is 17.1 Å². The Morgan fingerprint density at radius 1 is 0.708 bits per heavy atom. The van der Waals surface area contributed by atoms with Gasteiger partial charge in [-0.1, -0.05) is 54.6 Å². The molecule has 0 aliphatic heterocycles. The van der Waals surface area contributed by atoms with E-state index in [-0.39, 0.29) is 24.0 Å². The van der Waals surface area contributed by atoms with E-state index in [9.17, 15) is 0 Å². The number of halogens is 1. The molecule has 0 saturated carbocycles. The van der Waals surface area contributed by atoms with Crippen LogP contribution in [0.5, 0.6) is 0 Å². The van der Waals surface area contributed by atoms with Gasteiger partial charge in [0.15, 0.2) is 0 Å². The van der Waals surface area contributed by atoms with Gasteiger partial charge >= 0.3 is 5.17 Å². The zero-order chi connectivity index (χ0) is 15.9. The summed E-state index contributed by atoms with van der Waals surface area (Å²) < 4.78 is 2.23. The van der Waals surface area contributed by atoms with Gasteiger partial charge < -0.3 is 24.0 Å². The Bertz CT molecular complexity index is 733. The number of rotatable bonds is 3. The second kappa shape index (κ2) is 9.49. The summed E-state index contributed by atoms with van der Waals surface area (Å²) in [6.07, 6.45) is 2.09. The predicted octanol–water partition coefficient (Wildman–Crippen LogP) is 2.36. The Labute approximate surface area is 164 Å². The first kappa shape index (κ1) is 18.5. The van der Waals surface area contributed by atoms with Crippen molar-refractivity contribution in [3.8, 4) is 0 Å². The molecule has 0 aliphatic carbocycles. The van der Waals surface area contributed by atoms with Crippen molar-refractivity contribution >= 4 is 34.0 Å². The van der Waals surface area contributed by atoms with Gasteiger partial charge in [-0.15, -0.1) is 0 Å². The molecule has 0 unspecified atom stereocenters. The van der Waals surface area contributed by atoms with E-state index in [2.05, 4.69) is 76.8 Å². The van der Waals surface area contributed by atoms with Gasteiger partial charge in [-0.3, -0.25) is 0 Å². The molecule has 0 aliphatic rings. The summed E-state index contributed by atoms with van der Waals surface area (Å²) in [5.74, 6) is 0. The van der Waals surface area contributed by atoms with Gasteiger partial charge in [0.05, 0.1) is 0 Å². The first-order valence-corrected chi connectivity index (χ1v) is 8.74. The molecule has 0 radical (unpaired) electrons. The smallest absolute Gasteiger partial charge is 0.321 e. The van der Waals surface area contributed by atoms with Crippen LogP contribution in [0.25, 0.3) is 0 Å². The zero-order valence-corrected chi connectivity index (χ0v) is 16.4. The highest BCUT2D eigenvalue weighted by atomic mass is 127. The maximum absolute atomic E-state index is 3.53. The van der Waals surface area contributed by atoms with E-state index < -0.39 is 0 Å². The highest BCUT2D eigenvalue weighted by Gasteiger charge is 2.17. The summed E-state index contributed by atoms with van der Waals surface area (Å²) in [5, 5.41) is 4.59. The van der Waals surface area contributed by atoms with E-state index in [0.29, 0.717) is 0 Å². The van der Waals surface area contributed by atoms with Crippen molar-refractivity contribution < 1.29 is 24.0 Å². The van der Waals surface area contributed by atoms with Crippen LogP contribution in [-0.4, -0.2) is 11.4 Å². The van der Waals surface area contributed by atoms with Gasteiger partial charge in [-0.25, -0.2) is 5.32 Å². The second-order valence-electron chi connectivity index (χ2n) is 5.01. The molecule has 0 saturated heterocycles. The third kappa shape index (κ3) is 4.61. The summed E-state index contributed by atoms with van der Waals surface area (Å²) in [6.45, 7) is 0. The van der Waals surface area contributed by atoms with E-state index in [0.717, 1.165) is 22.2 Å². The average Bonchev–Trinajstić information content (AvgIpc) is 2.64. The highest BCUT2D eigenvalue weighted by Crippen LogP contribution is 2.23. The van der Waals surface area contributed by atoms with Gasteiger partial charge in [0, 0.05) is 0 Å². The third-order valence-corrected chi connectivity index (χ3v) is 4.12. The van der Waals surface area contributed by atoms with Crippen LogP contribution in [0, 0.1) is 0 Å². The molecule has 2 nitrogen and oxygen atoms in total. The lowest BCUT2D eigenvalue weighted by Gasteiger charge is -2.11. The standard InChI is InChI=1S/C20H18N2S.HI/c1-23-20(21-17-11-5-2-6-12-17)22(18-13-7-3-8-14-18)19-15-9-4-10-16-19;/h2-16H,1H3;1H. The molecule has 0 atom stereocenters. The number of hydrogen-bond donors (Lipinski definition) is 1. The van der Waals surface area contributed by atoms with E-state index in [1.54, 1.807) is 11.8 Å². The van der Waals surface area contributed by atoms with Crippen molar-refractivity contribution in [2.24, 2.45) is 0 Å². The minimum absolute atomic E-state index is 0. The zero-order valence-electron chi connectivity index (χ0n) is 13.4. The summed E-state index contributed by atoms with van der Waals surface area (Å²) >= 11 is 1.69. The molecule has 1 N–H and O–H groups in total. The fourth-order valence-electron chi connectivity index (χ4n) is 2.38. The number of anilines is 1. The Balaban J connectivity index is 0.00000208. The molecule has 0 amide bonds. The Hall–Kier alpha value is -1.79. The molecule has 3 aromatic carbocycles. The highest BCUT2D eigenvalue weighted by molar-refractivity contribution is 8.13. The third-order valence-electron chi connectivity index (χ3n) is 3.45. The quantitative estimate of drug-likeness (QED) is 0.288. The van der Waals surface area contributed by atoms with Crippen molar-refractivity contribution in [1.82, 2.24) is 4.58 Å². The molecule has 4 heteroatoms. The lowest BCUT2D eigenvalue weighted by molar-refractivity contribution is -0.00000451. The predicted molar refractivity (Wildman–Crippen MR) is 103 cm³/mol. The number of para-hydroxylation sites is 3. The van der Waals surface area contributed by atoms with Crippen molar-refractivity contribution in [1.29, 1.82) is 0 Å². The molecule has 0 aromatic heterocycles. The first-order valence-electron chi connectivity index (χ1n) is 7.52. The molecular formula is C20H19IN2S. The molecule has 0 fully saturated rings. The summed E-state index contributed by atoms with van der Waals surface area (Å²) in [5.41, 5.74) is 3.34. The van der Waals surface area contributed by atoms with Crippen LogP contribution < -0.4 is 33.9 Å².